The third kappa shape index (κ3) is 6.10. The number of hydrogen-bond donors (Lipinski definition) is 2. The van der Waals surface area contributed by atoms with Gasteiger partial charge in [0.15, 0.2) is 11.6 Å². The van der Waals surface area contributed by atoms with E-state index in [9.17, 15) is 14.4 Å². The van der Waals surface area contributed by atoms with Gasteiger partial charge in [-0.1, -0.05) is 44.5 Å². The average Bonchev–Trinajstić information content (AvgIpc) is 3.38. The maximum absolute atomic E-state index is 13.3. The van der Waals surface area contributed by atoms with Gasteiger partial charge in [-0.05, 0) is 57.4 Å². The third-order valence-corrected chi connectivity index (χ3v) is 9.16. The fraction of sp³-hybridized carbons (Fsp3) is 0.419. The first-order valence-electron chi connectivity index (χ1n) is 14.0. The fourth-order valence-corrected chi connectivity index (χ4v) is 6.44. The molecule has 2 aromatic heterocycles. The molecule has 42 heavy (non-hydrogen) atoms. The van der Waals surface area contributed by atoms with Crippen molar-refractivity contribution in [3.63, 3.8) is 0 Å². The zero-order valence-corrected chi connectivity index (χ0v) is 26.2. The Bertz CT molecular complexity index is 1610. The van der Waals surface area contributed by atoms with E-state index in [2.05, 4.69) is 34.7 Å². The molecule has 1 aromatic carbocycles. The number of hydrogen-bond acceptors (Lipinski definition) is 7. The maximum atomic E-state index is 13.3. The van der Waals surface area contributed by atoms with Gasteiger partial charge in [-0.2, -0.15) is 0 Å². The molecule has 1 atom stereocenters. The van der Waals surface area contributed by atoms with Crippen molar-refractivity contribution < 1.29 is 14.4 Å². The van der Waals surface area contributed by atoms with Crippen LogP contribution < -0.4 is 10.6 Å². The highest BCUT2D eigenvalue weighted by atomic mass is 35.5. The molecule has 3 heterocycles. The lowest BCUT2D eigenvalue weighted by Crippen LogP contribution is -2.53. The number of ketones is 1. The Kier molecular flexibility index (Phi) is 8.22. The number of carbonyl (C=O) groups excluding carboxylic acids is 3. The van der Waals surface area contributed by atoms with E-state index in [1.54, 1.807) is 11.3 Å². The second kappa shape index (κ2) is 11.6. The van der Waals surface area contributed by atoms with Crippen LogP contribution in [0.3, 0.4) is 0 Å². The van der Waals surface area contributed by atoms with Crippen LogP contribution in [0.4, 0.5) is 0 Å². The molecule has 0 bridgehead atoms. The number of benzene rings is 1. The molecule has 0 radical (unpaired) electrons. The Morgan fingerprint density at radius 2 is 1.69 bits per heavy atom. The summed E-state index contributed by atoms with van der Waals surface area (Å²) in [5.74, 6) is 0.807. The summed E-state index contributed by atoms with van der Waals surface area (Å²) in [4.78, 5) is 43.9. The number of aliphatic imine (C=N–C) groups is 1. The first kappa shape index (κ1) is 29.8. The zero-order chi connectivity index (χ0) is 30.3. The molecule has 11 heteroatoms. The van der Waals surface area contributed by atoms with Crippen molar-refractivity contribution in [3.8, 4) is 5.00 Å². The molecular weight excluding hydrogens is 572 g/mol. The Morgan fingerprint density at radius 3 is 2.36 bits per heavy atom. The number of carbonyl (C=O) groups is 3. The van der Waals surface area contributed by atoms with Gasteiger partial charge in [0.1, 0.15) is 16.9 Å². The molecule has 0 unspecified atom stereocenters. The summed E-state index contributed by atoms with van der Waals surface area (Å²) in [6, 6.07) is 6.93. The van der Waals surface area contributed by atoms with Crippen LogP contribution in [0.1, 0.15) is 79.3 Å². The molecule has 9 nitrogen and oxygen atoms in total. The summed E-state index contributed by atoms with van der Waals surface area (Å²) in [5, 5.41) is 16.4. The highest BCUT2D eigenvalue weighted by molar-refractivity contribution is 7.15. The van der Waals surface area contributed by atoms with Gasteiger partial charge in [-0.25, -0.2) is 0 Å². The molecule has 1 saturated carbocycles. The van der Waals surface area contributed by atoms with E-state index in [-0.39, 0.29) is 36.1 Å². The van der Waals surface area contributed by atoms with Crippen molar-refractivity contribution in [2.24, 2.45) is 10.4 Å². The summed E-state index contributed by atoms with van der Waals surface area (Å²) in [7, 11) is 0. The lowest BCUT2D eigenvalue weighted by Gasteiger charge is -2.36. The predicted molar refractivity (Wildman–Crippen MR) is 165 cm³/mol. The Labute approximate surface area is 254 Å². The van der Waals surface area contributed by atoms with Crippen molar-refractivity contribution in [3.05, 3.63) is 74.7 Å². The van der Waals surface area contributed by atoms with Crippen molar-refractivity contribution in [1.29, 1.82) is 0 Å². The smallest absolute Gasteiger partial charge is 0.244 e. The number of amides is 2. The molecule has 220 valence electrons. The first-order chi connectivity index (χ1) is 19.8. The summed E-state index contributed by atoms with van der Waals surface area (Å²) >= 11 is 7.86. The van der Waals surface area contributed by atoms with Gasteiger partial charge < -0.3 is 10.6 Å². The molecule has 3 aromatic rings. The van der Waals surface area contributed by atoms with Gasteiger partial charge in [-0.15, -0.1) is 21.5 Å². The molecule has 1 aliphatic heterocycles. The number of halogens is 1. The van der Waals surface area contributed by atoms with Crippen LogP contribution in [-0.4, -0.2) is 50.2 Å². The monoisotopic (exact) mass is 606 g/mol. The number of thiophene rings is 1. The van der Waals surface area contributed by atoms with Crippen LogP contribution in [0.25, 0.3) is 5.00 Å². The number of allylic oxidation sites excluding steroid dienone is 1. The quantitative estimate of drug-likeness (QED) is 0.362. The second-order valence-electron chi connectivity index (χ2n) is 12.0. The lowest BCUT2D eigenvalue weighted by molar-refractivity contribution is -0.123. The van der Waals surface area contributed by atoms with Gasteiger partial charge in [-0.3, -0.25) is 23.9 Å². The minimum atomic E-state index is -0.544. The summed E-state index contributed by atoms with van der Waals surface area (Å²) in [6.45, 7) is 11.5. The topological polar surface area (TPSA) is 118 Å². The van der Waals surface area contributed by atoms with E-state index < -0.39 is 11.5 Å². The number of nitrogens with one attached hydrogen (secondary N) is 2. The van der Waals surface area contributed by atoms with Crippen molar-refractivity contribution >= 4 is 46.2 Å². The van der Waals surface area contributed by atoms with Gasteiger partial charge >= 0.3 is 0 Å². The van der Waals surface area contributed by atoms with Crippen molar-refractivity contribution in [2.45, 2.75) is 78.9 Å². The van der Waals surface area contributed by atoms with Gasteiger partial charge in [0, 0.05) is 44.6 Å². The van der Waals surface area contributed by atoms with Crippen molar-refractivity contribution in [2.75, 3.05) is 0 Å². The second-order valence-corrected chi connectivity index (χ2v) is 13.6. The Balaban J connectivity index is 1.30. The highest BCUT2D eigenvalue weighted by Gasteiger charge is 2.35. The zero-order valence-electron chi connectivity index (χ0n) is 24.6. The molecule has 0 spiro atoms. The summed E-state index contributed by atoms with van der Waals surface area (Å²) in [6.07, 6.45) is 3.94. The Hall–Kier alpha value is -3.63. The molecular formula is C31H35ClN6O3S. The van der Waals surface area contributed by atoms with E-state index in [4.69, 9.17) is 16.6 Å². The van der Waals surface area contributed by atoms with Crippen LogP contribution in [0, 0.1) is 26.2 Å². The van der Waals surface area contributed by atoms with Crippen LogP contribution in [0.5, 0.6) is 0 Å². The Morgan fingerprint density at radius 1 is 1.02 bits per heavy atom. The minimum absolute atomic E-state index is 0.0559. The molecule has 1 fully saturated rings. The standard InChI is InChI=1S/C31H35ClN6O3S/c1-16-17(2)42-30-27(16)28(19-7-9-20(32)10-8-19)35-23(29-37-36-18(3)38(29)30)15-26(41)34-22-13-21(14-22)33-25(40)12-11-24(39)31(4,5)6/h7-12,21-23H,13-15H2,1-6H3,(H,33,40)(H,34,41)/b12-11+/t21?,22?,23-/m0/s1. The molecule has 0 saturated heterocycles. The van der Waals surface area contributed by atoms with E-state index in [0.717, 1.165) is 33.2 Å². The van der Waals surface area contributed by atoms with Crippen LogP contribution in [0.2, 0.25) is 5.02 Å². The van der Waals surface area contributed by atoms with Gasteiger partial charge in [0.05, 0.1) is 12.1 Å². The van der Waals surface area contributed by atoms with Crippen LogP contribution in [-0.2, 0) is 14.4 Å². The number of aryl methyl sites for hydroxylation is 2. The molecule has 2 N–H and O–H groups in total. The van der Waals surface area contributed by atoms with E-state index in [1.165, 1.54) is 17.0 Å². The highest BCUT2D eigenvalue weighted by Crippen LogP contribution is 2.39. The number of aromatic nitrogens is 3. The summed E-state index contributed by atoms with van der Waals surface area (Å²) in [5.41, 5.74) is 3.33. The fourth-order valence-electron chi connectivity index (χ4n) is 5.10. The van der Waals surface area contributed by atoms with Crippen LogP contribution >= 0.6 is 22.9 Å². The minimum Gasteiger partial charge on any atom is -0.353 e. The maximum Gasteiger partial charge on any atom is 0.244 e. The van der Waals surface area contributed by atoms with Gasteiger partial charge in [0.25, 0.3) is 0 Å². The largest absolute Gasteiger partial charge is 0.353 e. The van der Waals surface area contributed by atoms with E-state index in [0.29, 0.717) is 23.7 Å². The normalized spacial score (nSPS) is 19.8. The molecule has 2 aliphatic rings. The molecule has 5 rings (SSSR count). The number of nitrogens with zero attached hydrogens (tertiary/aromatic N) is 4. The van der Waals surface area contributed by atoms with E-state index >= 15 is 0 Å². The predicted octanol–water partition coefficient (Wildman–Crippen LogP) is 5.12. The SMILES string of the molecule is Cc1sc2c(c1C)C(c1ccc(Cl)cc1)=N[C@@H](CC(=O)NC1CC(NC(=O)/C=C/C(=O)C(C)(C)C)C1)c1nnc(C)n1-2. The van der Waals surface area contributed by atoms with E-state index in [1.807, 2.05) is 56.5 Å². The number of rotatable bonds is 7. The molecule has 2 amide bonds. The van der Waals surface area contributed by atoms with Gasteiger partial charge in [0.2, 0.25) is 11.8 Å². The molecule has 1 aliphatic carbocycles. The first-order valence-corrected chi connectivity index (χ1v) is 15.2. The summed E-state index contributed by atoms with van der Waals surface area (Å²) < 4.78 is 2.02. The third-order valence-electron chi connectivity index (χ3n) is 7.71. The number of fused-ring (bicyclic) bond motifs is 3. The lowest BCUT2D eigenvalue weighted by atomic mass is 9.86. The average molecular weight is 607 g/mol. The van der Waals surface area contributed by atoms with Crippen LogP contribution in [0.15, 0.2) is 41.4 Å². The van der Waals surface area contributed by atoms with Crippen molar-refractivity contribution in [1.82, 2.24) is 25.4 Å².